The summed E-state index contributed by atoms with van der Waals surface area (Å²) < 4.78 is 5.52. The van der Waals surface area contributed by atoms with Crippen LogP contribution < -0.4 is 9.64 Å². The lowest BCUT2D eigenvalue weighted by molar-refractivity contribution is -0.119. The molecule has 114 valence electrons. The molecule has 0 spiro atoms. The average molecular weight is 287 g/mol. The molecule has 3 rings (SSSR count). The summed E-state index contributed by atoms with van der Waals surface area (Å²) in [6.07, 6.45) is 7.82. The Morgan fingerprint density at radius 2 is 2.05 bits per heavy atom. The van der Waals surface area contributed by atoms with Crippen LogP contribution in [0.3, 0.4) is 0 Å². The maximum absolute atomic E-state index is 12.8. The lowest BCUT2D eigenvalue weighted by atomic mass is 9.95. The minimum Gasteiger partial charge on any atom is -0.495 e. The first-order valence-corrected chi connectivity index (χ1v) is 8.17. The molecule has 21 heavy (non-hydrogen) atoms. The predicted octanol–water partition coefficient (Wildman–Crippen LogP) is 3.86. The van der Waals surface area contributed by atoms with Crippen LogP contribution in [0.1, 0.15) is 49.7 Å². The van der Waals surface area contributed by atoms with Gasteiger partial charge in [-0.2, -0.15) is 0 Å². The van der Waals surface area contributed by atoms with Crippen LogP contribution in [0.2, 0.25) is 0 Å². The third kappa shape index (κ3) is 2.78. The normalized spacial score (nSPS) is 18.7. The number of carbonyl (C=O) groups excluding carboxylic acids is 1. The highest BCUT2D eigenvalue weighted by Gasteiger charge is 2.29. The van der Waals surface area contributed by atoms with E-state index < -0.39 is 0 Å². The van der Waals surface area contributed by atoms with E-state index in [-0.39, 0.29) is 5.91 Å². The van der Waals surface area contributed by atoms with Gasteiger partial charge < -0.3 is 9.64 Å². The summed E-state index contributed by atoms with van der Waals surface area (Å²) in [4.78, 5) is 14.8. The van der Waals surface area contributed by atoms with E-state index in [4.69, 9.17) is 4.74 Å². The molecule has 1 fully saturated rings. The Morgan fingerprint density at radius 1 is 1.29 bits per heavy atom. The second kappa shape index (κ2) is 6.08. The molecule has 1 aliphatic carbocycles. The van der Waals surface area contributed by atoms with E-state index in [0.717, 1.165) is 30.8 Å². The van der Waals surface area contributed by atoms with Crippen molar-refractivity contribution in [3.8, 4) is 5.75 Å². The highest BCUT2D eigenvalue weighted by Crippen LogP contribution is 2.39. The van der Waals surface area contributed by atoms with Gasteiger partial charge in [-0.25, -0.2) is 0 Å². The third-order valence-electron chi connectivity index (χ3n) is 5.02. The molecule has 3 nitrogen and oxygen atoms in total. The zero-order chi connectivity index (χ0) is 14.8. The number of nitrogens with zero attached hydrogens (tertiary/aromatic N) is 1. The van der Waals surface area contributed by atoms with Crippen molar-refractivity contribution in [2.75, 3.05) is 18.6 Å². The molecule has 1 saturated carbocycles. The molecule has 0 radical (unpaired) electrons. The molecule has 2 aliphatic rings. The Bertz CT molecular complexity index is 532. The Kier molecular flexibility index (Phi) is 4.18. The topological polar surface area (TPSA) is 29.5 Å². The fourth-order valence-electron chi connectivity index (χ4n) is 3.84. The zero-order valence-corrected chi connectivity index (χ0v) is 13.2. The number of hydrogen-bond acceptors (Lipinski definition) is 2. The SMILES string of the molecule is COc1ccc(C)c2c1N(C(=O)CC1CCCC1)CCC2. The quantitative estimate of drug-likeness (QED) is 0.844. The first-order chi connectivity index (χ1) is 10.2. The molecular formula is C18H25NO2. The molecule has 0 unspecified atom stereocenters. The van der Waals surface area contributed by atoms with Gasteiger partial charge in [0, 0.05) is 13.0 Å². The highest BCUT2D eigenvalue weighted by molar-refractivity contribution is 5.96. The van der Waals surface area contributed by atoms with Gasteiger partial charge in [-0.15, -0.1) is 0 Å². The van der Waals surface area contributed by atoms with Crippen LogP contribution in [-0.2, 0) is 11.2 Å². The molecule has 1 aromatic carbocycles. The number of fused-ring (bicyclic) bond motifs is 1. The van der Waals surface area contributed by atoms with Crippen LogP contribution in [0.5, 0.6) is 5.75 Å². The van der Waals surface area contributed by atoms with Crippen molar-refractivity contribution >= 4 is 11.6 Å². The molecule has 0 N–H and O–H groups in total. The summed E-state index contributed by atoms with van der Waals surface area (Å²) >= 11 is 0. The molecule has 1 aromatic rings. The molecule has 0 aromatic heterocycles. The lowest BCUT2D eigenvalue weighted by Gasteiger charge is -2.32. The first-order valence-electron chi connectivity index (χ1n) is 8.17. The summed E-state index contributed by atoms with van der Waals surface area (Å²) in [5.74, 6) is 1.72. The monoisotopic (exact) mass is 287 g/mol. The van der Waals surface area contributed by atoms with E-state index >= 15 is 0 Å². The van der Waals surface area contributed by atoms with Crippen molar-refractivity contribution in [2.24, 2.45) is 5.92 Å². The minimum atomic E-state index is 0.284. The molecule has 3 heteroatoms. The summed E-state index contributed by atoms with van der Waals surface area (Å²) in [5, 5.41) is 0. The maximum Gasteiger partial charge on any atom is 0.227 e. The summed E-state index contributed by atoms with van der Waals surface area (Å²) in [6.45, 7) is 2.96. The van der Waals surface area contributed by atoms with Gasteiger partial charge in [-0.05, 0) is 55.7 Å². The van der Waals surface area contributed by atoms with Gasteiger partial charge in [0.1, 0.15) is 5.75 Å². The van der Waals surface area contributed by atoms with E-state index in [1.165, 1.54) is 36.8 Å². The van der Waals surface area contributed by atoms with Crippen molar-refractivity contribution in [1.29, 1.82) is 0 Å². The van der Waals surface area contributed by atoms with Gasteiger partial charge in [-0.1, -0.05) is 18.9 Å². The number of anilines is 1. The Hall–Kier alpha value is -1.51. The van der Waals surface area contributed by atoms with Crippen LogP contribution in [0.15, 0.2) is 12.1 Å². The Morgan fingerprint density at radius 3 is 2.76 bits per heavy atom. The second-order valence-corrected chi connectivity index (χ2v) is 6.42. The summed E-state index contributed by atoms with van der Waals surface area (Å²) in [7, 11) is 1.69. The van der Waals surface area contributed by atoms with E-state index in [1.54, 1.807) is 7.11 Å². The molecule has 1 heterocycles. The number of benzene rings is 1. The molecule has 0 atom stereocenters. The first kappa shape index (κ1) is 14.4. The second-order valence-electron chi connectivity index (χ2n) is 6.42. The number of carbonyl (C=O) groups is 1. The van der Waals surface area contributed by atoms with Crippen molar-refractivity contribution in [3.63, 3.8) is 0 Å². The molecule has 0 saturated heterocycles. The van der Waals surface area contributed by atoms with Crippen LogP contribution in [-0.4, -0.2) is 19.6 Å². The average Bonchev–Trinajstić information content (AvgIpc) is 3.00. The Labute approximate surface area is 127 Å². The lowest BCUT2D eigenvalue weighted by Crippen LogP contribution is -2.36. The molecule has 0 bridgehead atoms. The smallest absolute Gasteiger partial charge is 0.227 e. The largest absolute Gasteiger partial charge is 0.495 e. The third-order valence-corrected chi connectivity index (χ3v) is 5.02. The Balaban J connectivity index is 1.88. The standard InChI is InChI=1S/C18H25NO2/c1-13-9-10-16(21-2)18-15(13)8-5-11-19(18)17(20)12-14-6-3-4-7-14/h9-10,14H,3-8,11-12H2,1-2H3. The van der Waals surface area contributed by atoms with Crippen LogP contribution in [0.25, 0.3) is 0 Å². The van der Waals surface area contributed by atoms with Crippen molar-refractivity contribution in [3.05, 3.63) is 23.3 Å². The van der Waals surface area contributed by atoms with Gasteiger partial charge in [-0.3, -0.25) is 4.79 Å². The van der Waals surface area contributed by atoms with Gasteiger partial charge >= 0.3 is 0 Å². The number of methoxy groups -OCH3 is 1. The van der Waals surface area contributed by atoms with Crippen LogP contribution in [0.4, 0.5) is 5.69 Å². The molecule has 1 aliphatic heterocycles. The molecule has 1 amide bonds. The van der Waals surface area contributed by atoms with Gasteiger partial charge in [0.25, 0.3) is 0 Å². The number of hydrogen-bond donors (Lipinski definition) is 0. The highest BCUT2D eigenvalue weighted by atomic mass is 16.5. The predicted molar refractivity (Wildman–Crippen MR) is 85.0 cm³/mol. The van der Waals surface area contributed by atoms with Crippen molar-refractivity contribution < 1.29 is 9.53 Å². The van der Waals surface area contributed by atoms with Gasteiger partial charge in [0.05, 0.1) is 12.8 Å². The van der Waals surface area contributed by atoms with E-state index in [1.807, 2.05) is 11.0 Å². The summed E-state index contributed by atoms with van der Waals surface area (Å²) in [6, 6.07) is 4.10. The molecular weight excluding hydrogens is 262 g/mol. The fraction of sp³-hybridized carbons (Fsp3) is 0.611. The van der Waals surface area contributed by atoms with Gasteiger partial charge in [0.15, 0.2) is 0 Å². The van der Waals surface area contributed by atoms with E-state index in [9.17, 15) is 4.79 Å². The number of amides is 1. The number of aryl methyl sites for hydroxylation is 1. The minimum absolute atomic E-state index is 0.284. The summed E-state index contributed by atoms with van der Waals surface area (Å²) in [5.41, 5.74) is 3.59. The maximum atomic E-state index is 12.8. The van der Waals surface area contributed by atoms with Crippen LogP contribution >= 0.6 is 0 Å². The number of rotatable bonds is 3. The van der Waals surface area contributed by atoms with Gasteiger partial charge in [0.2, 0.25) is 5.91 Å². The van der Waals surface area contributed by atoms with E-state index in [2.05, 4.69) is 13.0 Å². The van der Waals surface area contributed by atoms with Crippen molar-refractivity contribution in [2.45, 2.75) is 51.9 Å². The number of ether oxygens (including phenoxy) is 1. The van der Waals surface area contributed by atoms with Crippen LogP contribution in [0, 0.1) is 12.8 Å². The van der Waals surface area contributed by atoms with E-state index in [0.29, 0.717) is 12.3 Å². The fourth-order valence-corrected chi connectivity index (χ4v) is 3.84. The van der Waals surface area contributed by atoms with Crippen molar-refractivity contribution in [1.82, 2.24) is 0 Å². The zero-order valence-electron chi connectivity index (χ0n) is 13.2.